The molecule has 186 valence electrons. The van der Waals surface area contributed by atoms with E-state index >= 15 is 0 Å². The summed E-state index contributed by atoms with van der Waals surface area (Å²) in [6, 6.07) is 18.0. The number of benzene rings is 2. The van der Waals surface area contributed by atoms with Crippen LogP contribution in [0.3, 0.4) is 0 Å². The van der Waals surface area contributed by atoms with Crippen LogP contribution in [0, 0.1) is 0 Å². The summed E-state index contributed by atoms with van der Waals surface area (Å²) in [6.07, 6.45) is 7.62. The number of aliphatic hydroxyl groups excluding tert-OH is 1. The molecule has 2 aliphatic carbocycles. The Bertz CT molecular complexity index is 1250. The summed E-state index contributed by atoms with van der Waals surface area (Å²) in [5.41, 5.74) is 5.46. The lowest BCUT2D eigenvalue weighted by Gasteiger charge is -2.24. The molecule has 6 nitrogen and oxygen atoms in total. The van der Waals surface area contributed by atoms with Crippen LogP contribution in [0.25, 0.3) is 5.57 Å². The predicted octanol–water partition coefficient (Wildman–Crippen LogP) is 4.26. The van der Waals surface area contributed by atoms with E-state index in [0.717, 1.165) is 35.6 Å². The maximum absolute atomic E-state index is 12.9. The fourth-order valence-electron chi connectivity index (χ4n) is 4.19. The summed E-state index contributed by atoms with van der Waals surface area (Å²) < 4.78 is 7.83. The standard InChI is InChI=1S/C30H33N3O3/c1-31(2)24-14-10-22(11-15-24)27-29(34)28(30(27)35)23-12-16-26(17-13-23)33(4)19-21-36-20-18-32(3)25-8-6-5-7-9-25/h5-17H,18-21H2,1-4H3/p+1. The zero-order valence-electron chi connectivity index (χ0n) is 21.4. The first-order chi connectivity index (χ1) is 17.4. The summed E-state index contributed by atoms with van der Waals surface area (Å²) in [5.74, 6) is -0.0624. The topological polar surface area (TPSA) is 56.0 Å². The number of carbonyl (C=O) groups is 1. The van der Waals surface area contributed by atoms with E-state index < -0.39 is 0 Å². The minimum atomic E-state index is -0.125. The second-order valence-electron chi connectivity index (χ2n) is 9.21. The molecule has 0 aromatic heterocycles. The van der Waals surface area contributed by atoms with Crippen molar-refractivity contribution in [2.75, 3.05) is 64.3 Å². The Morgan fingerprint density at radius 3 is 1.86 bits per heavy atom. The van der Waals surface area contributed by atoms with E-state index in [9.17, 15) is 9.90 Å². The van der Waals surface area contributed by atoms with Crippen molar-refractivity contribution in [2.45, 2.75) is 0 Å². The molecule has 0 spiro atoms. The third-order valence-electron chi connectivity index (χ3n) is 6.54. The van der Waals surface area contributed by atoms with Crippen molar-refractivity contribution in [3.05, 3.63) is 101 Å². The second kappa shape index (κ2) is 11.2. The van der Waals surface area contributed by atoms with Crippen LogP contribution in [0.1, 0.15) is 5.56 Å². The fraction of sp³-hybridized carbons (Fsp3) is 0.267. The number of ether oxygens (including phenoxy) is 1. The molecule has 0 unspecified atom stereocenters. The van der Waals surface area contributed by atoms with E-state index in [2.05, 4.69) is 29.0 Å². The molecule has 6 heteroatoms. The monoisotopic (exact) mass is 484 g/mol. The van der Waals surface area contributed by atoms with Crippen molar-refractivity contribution >= 4 is 28.4 Å². The van der Waals surface area contributed by atoms with E-state index in [1.807, 2.05) is 92.5 Å². The largest absolute Gasteiger partial charge is 0.506 e. The zero-order chi connectivity index (χ0) is 25.7. The van der Waals surface area contributed by atoms with Gasteiger partial charge in [-0.05, 0) is 47.6 Å². The third-order valence-corrected chi connectivity index (χ3v) is 6.54. The Morgan fingerprint density at radius 2 is 1.33 bits per heavy atom. The third kappa shape index (κ3) is 5.50. The van der Waals surface area contributed by atoms with Gasteiger partial charge in [0.1, 0.15) is 19.9 Å². The van der Waals surface area contributed by atoms with Gasteiger partial charge in [-0.3, -0.25) is 4.79 Å². The number of likely N-dealkylation sites (N-methyl/N-ethyl adjacent to an activating group) is 2. The smallest absolute Gasteiger partial charge is 0.201 e. The SMILES string of the molecule is CN(CCOCCN(C)c1ccc(C2=C(O)C(=C3C=CC(=[N+](C)C)C=C3)C2=O)cc1)c1ccccc1. The highest BCUT2D eigenvalue weighted by atomic mass is 16.5. The van der Waals surface area contributed by atoms with Crippen molar-refractivity contribution in [1.82, 2.24) is 0 Å². The highest BCUT2D eigenvalue weighted by molar-refractivity contribution is 6.39. The number of aliphatic hydroxyl groups is 1. The lowest BCUT2D eigenvalue weighted by Crippen LogP contribution is -2.26. The normalized spacial score (nSPS) is 14.9. The summed E-state index contributed by atoms with van der Waals surface area (Å²) in [4.78, 5) is 17.1. The molecule has 2 aliphatic rings. The molecule has 0 aliphatic heterocycles. The van der Waals surface area contributed by atoms with Crippen LogP contribution in [-0.4, -0.2) is 75.7 Å². The summed E-state index contributed by atoms with van der Waals surface area (Å²) in [7, 11) is 8.01. The van der Waals surface area contributed by atoms with Gasteiger partial charge in [0.15, 0.2) is 5.71 Å². The number of hydrogen-bond donors (Lipinski definition) is 1. The molecule has 0 atom stereocenters. The Kier molecular flexibility index (Phi) is 7.86. The minimum absolute atomic E-state index is 0.0626. The molecular weight excluding hydrogens is 450 g/mol. The van der Waals surface area contributed by atoms with Crippen LogP contribution in [0.2, 0.25) is 0 Å². The van der Waals surface area contributed by atoms with Crippen molar-refractivity contribution in [1.29, 1.82) is 0 Å². The zero-order valence-corrected chi connectivity index (χ0v) is 21.4. The van der Waals surface area contributed by atoms with Gasteiger partial charge in [-0.15, -0.1) is 0 Å². The lowest BCUT2D eigenvalue weighted by molar-refractivity contribution is -0.462. The van der Waals surface area contributed by atoms with Gasteiger partial charge in [-0.25, -0.2) is 4.58 Å². The van der Waals surface area contributed by atoms with Crippen molar-refractivity contribution in [2.24, 2.45) is 0 Å². The Morgan fingerprint density at radius 1 is 0.778 bits per heavy atom. The summed E-state index contributed by atoms with van der Waals surface area (Å²) >= 11 is 0. The van der Waals surface area contributed by atoms with E-state index in [0.29, 0.717) is 24.4 Å². The molecule has 4 rings (SSSR count). The first kappa shape index (κ1) is 25.2. The predicted molar refractivity (Wildman–Crippen MR) is 147 cm³/mol. The van der Waals surface area contributed by atoms with Crippen LogP contribution < -0.4 is 9.80 Å². The van der Waals surface area contributed by atoms with Gasteiger partial charge in [0, 0.05) is 50.7 Å². The highest BCUT2D eigenvalue weighted by Crippen LogP contribution is 2.39. The summed E-state index contributed by atoms with van der Waals surface area (Å²) in [5, 5.41) is 10.7. The average Bonchev–Trinajstić information content (AvgIpc) is 2.89. The second-order valence-corrected chi connectivity index (χ2v) is 9.21. The number of ketones is 1. The molecule has 0 amide bonds. The molecule has 0 saturated carbocycles. The number of Topliss-reactive ketones (excluding diaryl/α,β-unsaturated/α-hetero) is 1. The first-order valence-corrected chi connectivity index (χ1v) is 12.2. The molecule has 0 saturated heterocycles. The van der Waals surface area contributed by atoms with Gasteiger partial charge in [0.05, 0.1) is 24.4 Å². The van der Waals surface area contributed by atoms with Crippen LogP contribution in [0.5, 0.6) is 0 Å². The first-order valence-electron chi connectivity index (χ1n) is 12.2. The van der Waals surface area contributed by atoms with E-state index in [-0.39, 0.29) is 11.5 Å². The Balaban J connectivity index is 1.30. The van der Waals surface area contributed by atoms with Crippen LogP contribution in [0.15, 0.2) is 95.8 Å². The minimum Gasteiger partial charge on any atom is -0.506 e. The number of anilines is 2. The lowest BCUT2D eigenvalue weighted by atomic mass is 9.80. The molecule has 0 fully saturated rings. The number of hydrogen-bond acceptors (Lipinski definition) is 5. The van der Waals surface area contributed by atoms with Crippen molar-refractivity contribution < 1.29 is 19.2 Å². The molecule has 1 N–H and O–H groups in total. The van der Waals surface area contributed by atoms with Crippen LogP contribution in [-0.2, 0) is 9.53 Å². The van der Waals surface area contributed by atoms with Gasteiger partial charge in [-0.1, -0.05) is 30.3 Å². The van der Waals surface area contributed by atoms with E-state index in [1.165, 1.54) is 5.69 Å². The number of nitrogens with zero attached hydrogens (tertiary/aromatic N) is 3. The maximum atomic E-state index is 12.9. The molecule has 36 heavy (non-hydrogen) atoms. The van der Waals surface area contributed by atoms with Crippen LogP contribution in [0.4, 0.5) is 11.4 Å². The molecular formula is C30H34N3O3+. The number of rotatable bonds is 9. The molecule has 0 heterocycles. The van der Waals surface area contributed by atoms with E-state index in [1.54, 1.807) is 0 Å². The van der Waals surface area contributed by atoms with Gasteiger partial charge in [0.2, 0.25) is 5.78 Å². The summed E-state index contributed by atoms with van der Waals surface area (Å²) in [6.45, 7) is 2.86. The average molecular weight is 485 g/mol. The molecule has 2 aromatic carbocycles. The van der Waals surface area contributed by atoms with Gasteiger partial charge in [0.25, 0.3) is 0 Å². The fourth-order valence-corrected chi connectivity index (χ4v) is 4.19. The number of carbonyl (C=O) groups excluding carboxylic acids is 1. The van der Waals surface area contributed by atoms with E-state index in [4.69, 9.17) is 4.74 Å². The quantitative estimate of drug-likeness (QED) is 0.327. The molecule has 2 aromatic rings. The van der Waals surface area contributed by atoms with Gasteiger partial charge in [-0.2, -0.15) is 0 Å². The van der Waals surface area contributed by atoms with Gasteiger partial charge >= 0.3 is 0 Å². The number of para-hydroxylation sites is 1. The van der Waals surface area contributed by atoms with Gasteiger partial charge < -0.3 is 19.6 Å². The van der Waals surface area contributed by atoms with Crippen LogP contribution >= 0.6 is 0 Å². The highest BCUT2D eigenvalue weighted by Gasteiger charge is 2.36. The van der Waals surface area contributed by atoms with Crippen molar-refractivity contribution in [3.63, 3.8) is 0 Å². The Hall–Kier alpha value is -3.90. The Labute approximate surface area is 213 Å². The number of allylic oxidation sites excluding steroid dienone is 7. The van der Waals surface area contributed by atoms with Crippen molar-refractivity contribution in [3.8, 4) is 0 Å². The maximum Gasteiger partial charge on any atom is 0.201 e. The molecule has 0 radical (unpaired) electrons. The molecule has 0 bridgehead atoms.